The topological polar surface area (TPSA) is 0 Å². The van der Waals surface area contributed by atoms with Gasteiger partial charge in [0.25, 0.3) is 0 Å². The molecule has 0 N–H and O–H groups in total. The number of thioether (sulfide) groups is 2. The maximum atomic E-state index is 2.29. The normalized spacial score (nSPS) is 11.2. The summed E-state index contributed by atoms with van der Waals surface area (Å²) in [4.78, 5) is 2.71. The molecule has 0 amide bonds. The van der Waals surface area contributed by atoms with Crippen LogP contribution in [0.2, 0.25) is 0 Å². The SMILES string of the molecule is CC(C)[C](CCSc1ccccc1)Sc1ccccc1. The van der Waals surface area contributed by atoms with E-state index in [0.29, 0.717) is 5.92 Å². The molecule has 0 nitrogen and oxygen atoms in total. The lowest BCUT2D eigenvalue weighted by Crippen LogP contribution is -2.03. The predicted octanol–water partition coefficient (Wildman–Crippen LogP) is 6.15. The molecule has 0 aromatic heterocycles. The fraction of sp³-hybridized carbons (Fsp3) is 0.278. The van der Waals surface area contributed by atoms with Crippen LogP contribution in [0.1, 0.15) is 20.3 Å². The highest BCUT2D eigenvalue weighted by atomic mass is 32.2. The van der Waals surface area contributed by atoms with Crippen LogP contribution in [-0.4, -0.2) is 5.75 Å². The van der Waals surface area contributed by atoms with Crippen LogP contribution >= 0.6 is 23.5 Å². The largest absolute Gasteiger partial charge is 0.126 e. The fourth-order valence-corrected chi connectivity index (χ4v) is 3.96. The molecule has 0 heterocycles. The minimum atomic E-state index is 0.622. The van der Waals surface area contributed by atoms with Crippen molar-refractivity contribution in [2.24, 2.45) is 5.92 Å². The first-order valence-corrected chi connectivity index (χ1v) is 8.82. The van der Waals surface area contributed by atoms with Gasteiger partial charge in [0.1, 0.15) is 0 Å². The Balaban J connectivity index is 1.84. The van der Waals surface area contributed by atoms with E-state index in [1.807, 2.05) is 23.5 Å². The monoisotopic (exact) mass is 301 g/mol. The summed E-state index contributed by atoms with van der Waals surface area (Å²) >= 11 is 3.88. The van der Waals surface area contributed by atoms with Crippen LogP contribution < -0.4 is 0 Å². The first-order valence-electron chi connectivity index (χ1n) is 7.02. The van der Waals surface area contributed by atoms with Gasteiger partial charge in [0.2, 0.25) is 0 Å². The highest BCUT2D eigenvalue weighted by Crippen LogP contribution is 2.38. The standard InChI is InChI=1S/C18H21S2/c1-15(2)18(20-17-11-7-4-8-12-17)13-14-19-16-9-5-3-6-10-16/h3-12,15H,13-14H2,1-2H3. The van der Waals surface area contributed by atoms with E-state index >= 15 is 0 Å². The number of rotatable bonds is 7. The average Bonchev–Trinajstić information content (AvgIpc) is 2.48. The Labute approximate surface area is 131 Å². The van der Waals surface area contributed by atoms with E-state index < -0.39 is 0 Å². The van der Waals surface area contributed by atoms with Crippen LogP contribution in [0.15, 0.2) is 70.5 Å². The van der Waals surface area contributed by atoms with Crippen LogP contribution in [0, 0.1) is 11.2 Å². The van der Waals surface area contributed by atoms with Crippen LogP contribution in [0.4, 0.5) is 0 Å². The van der Waals surface area contributed by atoms with E-state index in [4.69, 9.17) is 0 Å². The van der Waals surface area contributed by atoms with Gasteiger partial charge in [-0.2, -0.15) is 0 Å². The molecule has 0 aliphatic heterocycles. The maximum Gasteiger partial charge on any atom is 0.0390 e. The van der Waals surface area contributed by atoms with Crippen LogP contribution in [0.3, 0.4) is 0 Å². The molecule has 0 spiro atoms. The Kier molecular flexibility index (Phi) is 6.55. The lowest BCUT2D eigenvalue weighted by molar-refractivity contribution is 0.700. The van der Waals surface area contributed by atoms with Crippen molar-refractivity contribution in [2.75, 3.05) is 5.75 Å². The molecule has 0 saturated carbocycles. The molecule has 0 atom stereocenters. The van der Waals surface area contributed by atoms with Crippen LogP contribution in [0.5, 0.6) is 0 Å². The van der Waals surface area contributed by atoms with Crippen molar-refractivity contribution in [1.82, 2.24) is 0 Å². The van der Waals surface area contributed by atoms with Crippen molar-refractivity contribution in [3.8, 4) is 0 Å². The number of hydrogen-bond donors (Lipinski definition) is 0. The average molecular weight is 302 g/mol. The smallest absolute Gasteiger partial charge is 0.0390 e. The molecule has 2 aromatic rings. The minimum absolute atomic E-state index is 0.622. The maximum absolute atomic E-state index is 2.29. The first-order chi connectivity index (χ1) is 9.75. The Morgan fingerprint density at radius 1 is 0.850 bits per heavy atom. The van der Waals surface area contributed by atoms with E-state index in [9.17, 15) is 0 Å². The molecule has 0 bridgehead atoms. The summed E-state index contributed by atoms with van der Waals surface area (Å²) in [5, 5.41) is 1.57. The van der Waals surface area contributed by atoms with Crippen molar-refractivity contribution in [2.45, 2.75) is 30.1 Å². The first kappa shape index (κ1) is 15.5. The summed E-state index contributed by atoms with van der Waals surface area (Å²) in [7, 11) is 0. The van der Waals surface area contributed by atoms with Gasteiger partial charge in [0.15, 0.2) is 0 Å². The summed E-state index contributed by atoms with van der Waals surface area (Å²) in [6.07, 6.45) is 1.16. The van der Waals surface area contributed by atoms with Crippen molar-refractivity contribution < 1.29 is 0 Å². The van der Waals surface area contributed by atoms with E-state index in [-0.39, 0.29) is 0 Å². The van der Waals surface area contributed by atoms with E-state index in [0.717, 1.165) is 12.2 Å². The second kappa shape index (κ2) is 8.43. The van der Waals surface area contributed by atoms with Crippen molar-refractivity contribution >= 4 is 23.5 Å². The quantitative estimate of drug-likeness (QED) is 0.563. The van der Waals surface area contributed by atoms with Crippen molar-refractivity contribution in [3.63, 3.8) is 0 Å². The third-order valence-electron chi connectivity index (χ3n) is 3.00. The van der Waals surface area contributed by atoms with E-state index in [1.54, 1.807) is 5.25 Å². The number of hydrogen-bond acceptors (Lipinski definition) is 2. The summed E-state index contributed by atoms with van der Waals surface area (Å²) in [6, 6.07) is 21.3. The Hall–Kier alpha value is -0.860. The second-order valence-electron chi connectivity index (χ2n) is 4.95. The summed E-state index contributed by atoms with van der Waals surface area (Å²) in [5.41, 5.74) is 0. The Bertz CT molecular complexity index is 479. The molecule has 2 aromatic carbocycles. The van der Waals surface area contributed by atoms with Gasteiger partial charge >= 0.3 is 0 Å². The zero-order valence-corrected chi connectivity index (χ0v) is 13.7. The van der Waals surface area contributed by atoms with E-state index in [1.165, 1.54) is 9.79 Å². The van der Waals surface area contributed by atoms with Gasteiger partial charge < -0.3 is 0 Å². The van der Waals surface area contributed by atoms with Gasteiger partial charge in [-0.3, -0.25) is 0 Å². The molecule has 1 radical (unpaired) electrons. The molecule has 0 saturated heterocycles. The zero-order valence-electron chi connectivity index (χ0n) is 12.1. The van der Waals surface area contributed by atoms with Crippen LogP contribution in [-0.2, 0) is 0 Å². The lowest BCUT2D eigenvalue weighted by atomic mass is 10.1. The van der Waals surface area contributed by atoms with Gasteiger partial charge in [-0.1, -0.05) is 50.2 Å². The molecule has 0 aliphatic carbocycles. The fourth-order valence-electron chi connectivity index (χ4n) is 1.88. The zero-order chi connectivity index (χ0) is 14.2. The lowest BCUT2D eigenvalue weighted by Gasteiger charge is -2.19. The van der Waals surface area contributed by atoms with Gasteiger partial charge in [-0.25, -0.2) is 0 Å². The highest BCUT2D eigenvalue weighted by Gasteiger charge is 2.15. The van der Waals surface area contributed by atoms with Crippen molar-refractivity contribution in [3.05, 3.63) is 65.9 Å². The third kappa shape index (κ3) is 5.26. The summed E-state index contributed by atoms with van der Waals surface area (Å²) in [6.45, 7) is 4.58. The minimum Gasteiger partial charge on any atom is -0.126 e. The van der Waals surface area contributed by atoms with Gasteiger partial charge in [0, 0.05) is 15.0 Å². The summed E-state index contributed by atoms with van der Waals surface area (Å²) < 4.78 is 0. The highest BCUT2D eigenvalue weighted by molar-refractivity contribution is 8.02. The Morgan fingerprint density at radius 3 is 1.95 bits per heavy atom. The van der Waals surface area contributed by atoms with Gasteiger partial charge in [-0.15, -0.1) is 23.5 Å². The Morgan fingerprint density at radius 2 is 1.40 bits per heavy atom. The van der Waals surface area contributed by atoms with Gasteiger partial charge in [0.05, 0.1) is 0 Å². The van der Waals surface area contributed by atoms with E-state index in [2.05, 4.69) is 74.5 Å². The predicted molar refractivity (Wildman–Crippen MR) is 92.2 cm³/mol. The molecule has 0 fully saturated rings. The number of benzene rings is 2. The molecule has 2 heteroatoms. The molecule has 0 aliphatic rings. The third-order valence-corrected chi connectivity index (χ3v) is 5.46. The van der Waals surface area contributed by atoms with Gasteiger partial charge in [-0.05, 0) is 42.4 Å². The molecular weight excluding hydrogens is 280 g/mol. The van der Waals surface area contributed by atoms with Crippen LogP contribution in [0.25, 0.3) is 0 Å². The van der Waals surface area contributed by atoms with Crippen molar-refractivity contribution in [1.29, 1.82) is 0 Å². The molecule has 0 unspecified atom stereocenters. The molecule has 20 heavy (non-hydrogen) atoms. The molecule has 2 rings (SSSR count). The summed E-state index contributed by atoms with van der Waals surface area (Å²) in [5.74, 6) is 1.77. The molecule has 105 valence electrons. The molecular formula is C18H21S2. The second-order valence-corrected chi connectivity index (χ2v) is 7.32.